The van der Waals surface area contributed by atoms with Gasteiger partial charge in [-0.05, 0) is 65.8 Å². The molecule has 0 aliphatic heterocycles. The van der Waals surface area contributed by atoms with Crippen molar-refractivity contribution < 1.29 is 17.6 Å². The number of rotatable bonds is 6. The Morgan fingerprint density at radius 1 is 1.00 bits per heavy atom. The van der Waals surface area contributed by atoms with Crippen LogP contribution in [-0.2, 0) is 14.8 Å². The van der Waals surface area contributed by atoms with Crippen molar-refractivity contribution in [2.75, 3.05) is 10.0 Å². The molecule has 4 aromatic rings. The number of fused-ring (bicyclic) bond motifs is 1. The second-order valence-electron chi connectivity index (χ2n) is 7.89. The van der Waals surface area contributed by atoms with Crippen LogP contribution in [0.1, 0.15) is 17.9 Å². The van der Waals surface area contributed by atoms with Gasteiger partial charge in [0, 0.05) is 35.6 Å². The fourth-order valence-electron chi connectivity index (χ4n) is 3.83. The average Bonchev–Trinajstić information content (AvgIpc) is 3.60. The second kappa shape index (κ2) is 8.25. The van der Waals surface area contributed by atoms with Gasteiger partial charge in [-0.2, -0.15) is 0 Å². The van der Waals surface area contributed by atoms with E-state index in [9.17, 15) is 17.6 Å². The lowest BCUT2D eigenvalue weighted by Crippen LogP contribution is -2.16. The molecule has 0 radical (unpaired) electrons. The molecule has 1 amide bonds. The largest absolute Gasteiger partial charge is 0.326 e. The van der Waals surface area contributed by atoms with Crippen LogP contribution in [0.4, 0.5) is 15.9 Å². The molecule has 1 saturated carbocycles. The summed E-state index contributed by atoms with van der Waals surface area (Å²) in [6, 6.07) is 16.1. The molecule has 2 atom stereocenters. The molecule has 2 N–H and O–H groups in total. The zero-order valence-corrected chi connectivity index (χ0v) is 18.1. The number of sulfonamides is 1. The average molecular weight is 463 g/mol. The highest BCUT2D eigenvalue weighted by Crippen LogP contribution is 2.48. The van der Waals surface area contributed by atoms with Crippen molar-refractivity contribution in [3.63, 3.8) is 0 Å². The third-order valence-corrected chi connectivity index (χ3v) is 7.00. The maximum atomic E-state index is 14.7. The van der Waals surface area contributed by atoms with Crippen molar-refractivity contribution in [3.05, 3.63) is 90.6 Å². The van der Waals surface area contributed by atoms with Gasteiger partial charge in [0.05, 0.1) is 0 Å². The van der Waals surface area contributed by atoms with Crippen molar-refractivity contribution in [2.24, 2.45) is 5.92 Å². The first-order valence-electron chi connectivity index (χ1n) is 10.3. The molecule has 1 aliphatic rings. The number of anilines is 2. The summed E-state index contributed by atoms with van der Waals surface area (Å²) in [7, 11) is -4.13. The van der Waals surface area contributed by atoms with Gasteiger partial charge in [0.2, 0.25) is 5.91 Å². The maximum Gasteiger partial charge on any atom is 0.265 e. The predicted molar refractivity (Wildman–Crippen MR) is 123 cm³/mol. The summed E-state index contributed by atoms with van der Waals surface area (Å²) in [6.45, 7) is 0. The lowest BCUT2D eigenvalue weighted by molar-refractivity contribution is -0.117. The van der Waals surface area contributed by atoms with Crippen molar-refractivity contribution in [1.29, 1.82) is 0 Å². The van der Waals surface area contributed by atoms with E-state index in [4.69, 9.17) is 0 Å². The topological polar surface area (TPSA) is 101 Å². The molecule has 7 nitrogen and oxygen atoms in total. The van der Waals surface area contributed by atoms with Crippen LogP contribution in [0.15, 0.2) is 84.1 Å². The van der Waals surface area contributed by atoms with E-state index in [0.717, 1.165) is 10.8 Å². The van der Waals surface area contributed by atoms with Gasteiger partial charge in [-0.1, -0.05) is 18.2 Å². The number of nitrogens with zero attached hydrogens (tertiary/aromatic N) is 2. The number of pyridine rings is 2. The van der Waals surface area contributed by atoms with Crippen molar-refractivity contribution in [3.8, 4) is 0 Å². The van der Waals surface area contributed by atoms with E-state index in [-0.39, 0.29) is 23.6 Å². The number of aromatic nitrogens is 2. The fraction of sp³-hybridized carbons (Fsp3) is 0.125. The van der Waals surface area contributed by atoms with E-state index in [1.165, 1.54) is 24.4 Å². The Labute approximate surface area is 189 Å². The summed E-state index contributed by atoms with van der Waals surface area (Å²) >= 11 is 0. The number of hydrogen-bond donors (Lipinski definition) is 2. The van der Waals surface area contributed by atoms with Crippen LogP contribution in [0.3, 0.4) is 0 Å². The molecular weight excluding hydrogens is 443 g/mol. The van der Waals surface area contributed by atoms with E-state index in [0.29, 0.717) is 17.7 Å². The van der Waals surface area contributed by atoms with E-state index in [1.54, 1.807) is 30.6 Å². The van der Waals surface area contributed by atoms with Gasteiger partial charge in [-0.3, -0.25) is 14.5 Å². The first-order chi connectivity index (χ1) is 15.9. The van der Waals surface area contributed by atoms with E-state index in [1.807, 2.05) is 24.3 Å². The van der Waals surface area contributed by atoms with Gasteiger partial charge in [0.1, 0.15) is 16.5 Å². The zero-order valence-electron chi connectivity index (χ0n) is 17.3. The van der Waals surface area contributed by atoms with E-state index < -0.39 is 20.7 Å². The summed E-state index contributed by atoms with van der Waals surface area (Å²) in [4.78, 5) is 20.2. The third-order valence-electron chi connectivity index (χ3n) is 5.61. The van der Waals surface area contributed by atoms with E-state index >= 15 is 0 Å². The van der Waals surface area contributed by atoms with Crippen LogP contribution in [0, 0.1) is 11.7 Å². The predicted octanol–water partition coefficient (Wildman–Crippen LogP) is 4.31. The van der Waals surface area contributed by atoms with Gasteiger partial charge in [-0.15, -0.1) is 0 Å². The number of halogens is 1. The summed E-state index contributed by atoms with van der Waals surface area (Å²) in [5.41, 5.74) is 1.27. The van der Waals surface area contributed by atoms with Gasteiger partial charge < -0.3 is 5.32 Å². The van der Waals surface area contributed by atoms with Crippen LogP contribution < -0.4 is 10.0 Å². The van der Waals surface area contributed by atoms with Crippen LogP contribution in [0.2, 0.25) is 0 Å². The van der Waals surface area contributed by atoms with Crippen molar-refractivity contribution in [2.45, 2.75) is 17.2 Å². The highest BCUT2D eigenvalue weighted by Gasteiger charge is 2.44. The number of nitrogens with one attached hydrogen (secondary N) is 2. The van der Waals surface area contributed by atoms with Gasteiger partial charge in [0.25, 0.3) is 10.0 Å². The molecular formula is C24H19FN4O3S. The third kappa shape index (κ3) is 4.40. The molecule has 2 heterocycles. The SMILES string of the molecule is O=C(Nc1ccc2cnccc2c1)C1CC1c1ccc(S(=O)(=O)Nc2ccccn2)c(F)c1. The molecule has 0 saturated heterocycles. The first kappa shape index (κ1) is 21.0. The summed E-state index contributed by atoms with van der Waals surface area (Å²) in [5.74, 6) is -1.38. The molecule has 2 unspecified atom stereocenters. The highest BCUT2D eigenvalue weighted by molar-refractivity contribution is 7.92. The molecule has 0 bridgehead atoms. The van der Waals surface area contributed by atoms with Crippen molar-refractivity contribution in [1.82, 2.24) is 9.97 Å². The molecule has 5 rings (SSSR count). The first-order valence-corrected chi connectivity index (χ1v) is 11.8. The standard InChI is InChI=1S/C24H19FN4O3S/c25-21-12-16(5-7-22(21)33(31,32)29-23-3-1-2-9-27-23)19-13-20(19)24(30)28-18-6-4-17-14-26-10-8-15(17)11-18/h1-12,14,19-20H,13H2,(H,27,29)(H,28,30). The van der Waals surface area contributed by atoms with Crippen LogP contribution in [-0.4, -0.2) is 24.3 Å². The monoisotopic (exact) mass is 462 g/mol. The van der Waals surface area contributed by atoms with E-state index in [2.05, 4.69) is 20.0 Å². The molecule has 0 spiro atoms. The summed E-state index contributed by atoms with van der Waals surface area (Å²) < 4.78 is 42.0. The number of amides is 1. The quantitative estimate of drug-likeness (QED) is 0.445. The lowest BCUT2D eigenvalue weighted by atomic mass is 10.1. The Hall–Kier alpha value is -3.85. The lowest BCUT2D eigenvalue weighted by Gasteiger charge is -2.10. The Bertz CT molecular complexity index is 1460. The van der Waals surface area contributed by atoms with Crippen LogP contribution >= 0.6 is 0 Å². The molecule has 2 aromatic carbocycles. The number of carbonyl (C=O) groups is 1. The Morgan fingerprint density at radius 2 is 1.88 bits per heavy atom. The Balaban J connectivity index is 1.28. The molecule has 1 aliphatic carbocycles. The fourth-order valence-corrected chi connectivity index (χ4v) is 4.90. The minimum Gasteiger partial charge on any atom is -0.326 e. The Kier molecular flexibility index (Phi) is 5.26. The zero-order chi connectivity index (χ0) is 23.0. The molecule has 9 heteroatoms. The molecule has 33 heavy (non-hydrogen) atoms. The number of benzene rings is 2. The summed E-state index contributed by atoms with van der Waals surface area (Å²) in [6.07, 6.45) is 5.45. The van der Waals surface area contributed by atoms with Gasteiger partial charge in [-0.25, -0.2) is 17.8 Å². The number of carbonyl (C=O) groups excluding carboxylic acids is 1. The molecule has 2 aromatic heterocycles. The second-order valence-corrected chi connectivity index (χ2v) is 9.54. The normalized spacial score (nSPS) is 17.5. The maximum absolute atomic E-state index is 14.7. The minimum absolute atomic E-state index is 0.102. The van der Waals surface area contributed by atoms with Gasteiger partial charge in [0.15, 0.2) is 0 Å². The highest BCUT2D eigenvalue weighted by atomic mass is 32.2. The molecule has 1 fully saturated rings. The molecule has 166 valence electrons. The minimum atomic E-state index is -4.13. The van der Waals surface area contributed by atoms with Crippen molar-refractivity contribution >= 4 is 38.2 Å². The van der Waals surface area contributed by atoms with Crippen LogP contribution in [0.5, 0.6) is 0 Å². The van der Waals surface area contributed by atoms with Crippen LogP contribution in [0.25, 0.3) is 10.8 Å². The summed E-state index contributed by atoms with van der Waals surface area (Å²) in [5, 5.41) is 4.85. The Morgan fingerprint density at radius 3 is 2.67 bits per heavy atom. The smallest absolute Gasteiger partial charge is 0.265 e. The van der Waals surface area contributed by atoms with Gasteiger partial charge >= 0.3 is 0 Å². The number of hydrogen-bond acceptors (Lipinski definition) is 5.